The van der Waals surface area contributed by atoms with Crippen molar-refractivity contribution in [3.8, 4) is 0 Å². The number of hydrogen-bond acceptors (Lipinski definition) is 5. The second kappa shape index (κ2) is 12.5. The van der Waals surface area contributed by atoms with Crippen LogP contribution in [0.3, 0.4) is 0 Å². The molecule has 0 saturated carbocycles. The molecular formula is C29H32ClF2N5O4. The summed E-state index contributed by atoms with van der Waals surface area (Å²) in [6.45, 7) is 1.88. The number of benzene rings is 2. The van der Waals surface area contributed by atoms with Gasteiger partial charge in [0, 0.05) is 55.9 Å². The SMILES string of the molecule is O=C(NCCn1c2c(c(=O)n1Cc1ccc(Cl)cc1)CN(Cc1cc(F)cc(F)c1)CC2)[C@H]1CCCN1C(=O)CO. The quantitative estimate of drug-likeness (QED) is 0.400. The molecule has 12 heteroatoms. The van der Waals surface area contributed by atoms with Gasteiger partial charge in [0.25, 0.3) is 5.56 Å². The van der Waals surface area contributed by atoms with E-state index in [9.17, 15) is 28.3 Å². The maximum Gasteiger partial charge on any atom is 0.271 e. The number of rotatable bonds is 9. The van der Waals surface area contributed by atoms with Crippen molar-refractivity contribution < 1.29 is 23.5 Å². The summed E-state index contributed by atoms with van der Waals surface area (Å²) in [5, 5.41) is 12.7. The average Bonchev–Trinajstić information content (AvgIpc) is 3.53. The van der Waals surface area contributed by atoms with Crippen molar-refractivity contribution >= 4 is 23.4 Å². The van der Waals surface area contributed by atoms with Crippen molar-refractivity contribution in [2.45, 2.75) is 51.5 Å². The van der Waals surface area contributed by atoms with E-state index >= 15 is 0 Å². The van der Waals surface area contributed by atoms with Crippen molar-refractivity contribution in [2.75, 3.05) is 26.2 Å². The zero-order valence-corrected chi connectivity index (χ0v) is 23.2. The maximum atomic E-state index is 13.7. The van der Waals surface area contributed by atoms with Crippen LogP contribution in [0.4, 0.5) is 8.78 Å². The van der Waals surface area contributed by atoms with Gasteiger partial charge in [0.05, 0.1) is 18.7 Å². The topological polar surface area (TPSA) is 99.8 Å². The molecule has 1 saturated heterocycles. The summed E-state index contributed by atoms with van der Waals surface area (Å²) < 4.78 is 31.0. The molecule has 2 N–H and O–H groups in total. The Bertz CT molecular complexity index is 1470. The number of fused-ring (bicyclic) bond motifs is 1. The van der Waals surface area contributed by atoms with Gasteiger partial charge in [-0.25, -0.2) is 13.5 Å². The average molecular weight is 588 g/mol. The lowest BCUT2D eigenvalue weighted by Crippen LogP contribution is -2.47. The predicted molar refractivity (Wildman–Crippen MR) is 148 cm³/mol. The number of aromatic nitrogens is 2. The van der Waals surface area contributed by atoms with Crippen LogP contribution in [-0.2, 0) is 42.2 Å². The molecule has 0 bridgehead atoms. The van der Waals surface area contributed by atoms with Crippen LogP contribution >= 0.6 is 11.6 Å². The van der Waals surface area contributed by atoms with Crippen LogP contribution in [0.5, 0.6) is 0 Å². The fourth-order valence-electron chi connectivity index (χ4n) is 5.80. The lowest BCUT2D eigenvalue weighted by Gasteiger charge is -2.27. The van der Waals surface area contributed by atoms with E-state index in [0.717, 1.165) is 17.3 Å². The number of likely N-dealkylation sites (tertiary alicyclic amines) is 1. The lowest BCUT2D eigenvalue weighted by molar-refractivity contribution is -0.140. The number of aliphatic hydroxyl groups is 1. The zero-order valence-electron chi connectivity index (χ0n) is 22.5. The highest BCUT2D eigenvalue weighted by atomic mass is 35.5. The molecule has 9 nitrogen and oxygen atoms in total. The van der Waals surface area contributed by atoms with Crippen molar-refractivity contribution in [3.05, 3.63) is 91.9 Å². The third-order valence-electron chi connectivity index (χ3n) is 7.70. The Morgan fingerprint density at radius 3 is 2.44 bits per heavy atom. The van der Waals surface area contributed by atoms with E-state index in [2.05, 4.69) is 5.32 Å². The van der Waals surface area contributed by atoms with E-state index in [0.29, 0.717) is 74.7 Å². The molecule has 0 radical (unpaired) electrons. The van der Waals surface area contributed by atoms with Crippen LogP contribution < -0.4 is 10.9 Å². The Kier molecular flexibility index (Phi) is 8.86. The number of aliphatic hydroxyl groups excluding tert-OH is 1. The largest absolute Gasteiger partial charge is 0.387 e. The van der Waals surface area contributed by atoms with Crippen molar-refractivity contribution in [3.63, 3.8) is 0 Å². The molecule has 2 amide bonds. The number of nitrogens with zero attached hydrogens (tertiary/aromatic N) is 4. The number of nitrogens with one attached hydrogen (secondary N) is 1. The van der Waals surface area contributed by atoms with Gasteiger partial charge < -0.3 is 15.3 Å². The van der Waals surface area contributed by atoms with E-state index in [1.54, 1.807) is 16.8 Å². The first-order valence-electron chi connectivity index (χ1n) is 13.6. The zero-order chi connectivity index (χ0) is 29.1. The van der Waals surface area contributed by atoms with Crippen molar-refractivity contribution in [2.24, 2.45) is 0 Å². The number of halogens is 3. The molecule has 2 aliphatic rings. The van der Waals surface area contributed by atoms with Crippen molar-refractivity contribution in [1.82, 2.24) is 24.5 Å². The van der Waals surface area contributed by atoms with Gasteiger partial charge in [-0.3, -0.25) is 24.0 Å². The molecule has 0 unspecified atom stereocenters. The van der Waals surface area contributed by atoms with E-state index in [1.165, 1.54) is 17.0 Å². The summed E-state index contributed by atoms with van der Waals surface area (Å²) >= 11 is 6.05. The minimum absolute atomic E-state index is 0.160. The minimum Gasteiger partial charge on any atom is -0.387 e. The monoisotopic (exact) mass is 587 g/mol. The van der Waals surface area contributed by atoms with Crippen LogP contribution in [0.1, 0.15) is 35.2 Å². The molecular weight excluding hydrogens is 556 g/mol. The number of hydrogen-bond donors (Lipinski definition) is 2. The molecule has 3 aromatic rings. The molecule has 2 aliphatic heterocycles. The summed E-state index contributed by atoms with van der Waals surface area (Å²) in [5.41, 5.74) is 2.69. The second-order valence-corrected chi connectivity index (χ2v) is 10.9. The first kappa shape index (κ1) is 29.0. The van der Waals surface area contributed by atoms with Gasteiger partial charge in [-0.15, -0.1) is 0 Å². The summed E-state index contributed by atoms with van der Waals surface area (Å²) in [6, 6.07) is 10.0. The molecule has 1 aromatic heterocycles. The van der Waals surface area contributed by atoms with Gasteiger partial charge in [0.15, 0.2) is 0 Å². The minimum atomic E-state index is -0.641. The molecule has 0 aliphatic carbocycles. The number of amides is 2. The highest BCUT2D eigenvalue weighted by molar-refractivity contribution is 6.30. The fraction of sp³-hybridized carbons (Fsp3) is 0.414. The Hall–Kier alpha value is -3.54. The van der Waals surface area contributed by atoms with Crippen LogP contribution in [0.15, 0.2) is 47.3 Å². The molecule has 3 heterocycles. The molecule has 41 heavy (non-hydrogen) atoms. The standard InChI is InChI=1S/C29H32ClF2N5O4/c30-21-5-3-19(4-6-21)16-37-29(41)24-17-34(15-20-12-22(31)14-23(32)13-20)10-7-25(24)36(37)11-8-33-28(40)26-2-1-9-35(26)27(39)18-38/h3-6,12-14,26,38H,1-2,7-11,15-18H2,(H,33,40)/t26-/m1/s1. The predicted octanol–water partition coefficient (Wildman–Crippen LogP) is 2.29. The lowest BCUT2D eigenvalue weighted by atomic mass is 10.1. The van der Waals surface area contributed by atoms with E-state index < -0.39 is 30.2 Å². The Labute approximate surface area is 240 Å². The van der Waals surface area contributed by atoms with Gasteiger partial charge in [0.2, 0.25) is 11.8 Å². The highest BCUT2D eigenvalue weighted by Gasteiger charge is 2.33. The first-order valence-corrected chi connectivity index (χ1v) is 14.0. The molecule has 218 valence electrons. The van der Waals surface area contributed by atoms with Crippen LogP contribution in [-0.4, -0.2) is 68.4 Å². The van der Waals surface area contributed by atoms with Gasteiger partial charge in [-0.05, 0) is 48.2 Å². The summed E-state index contributed by atoms with van der Waals surface area (Å²) in [5.74, 6) is -2.04. The smallest absolute Gasteiger partial charge is 0.271 e. The third kappa shape index (κ3) is 6.52. The maximum absolute atomic E-state index is 13.7. The van der Waals surface area contributed by atoms with Gasteiger partial charge in [-0.2, -0.15) is 0 Å². The molecule has 0 spiro atoms. The molecule has 5 rings (SSSR count). The van der Waals surface area contributed by atoms with E-state index in [-0.39, 0.29) is 18.0 Å². The Morgan fingerprint density at radius 2 is 1.73 bits per heavy atom. The number of carbonyl (C=O) groups is 2. The summed E-state index contributed by atoms with van der Waals surface area (Å²) in [4.78, 5) is 42.0. The summed E-state index contributed by atoms with van der Waals surface area (Å²) in [6.07, 6.45) is 1.77. The normalized spacial score (nSPS) is 17.1. The molecule has 1 fully saturated rings. The Balaban J connectivity index is 1.35. The van der Waals surface area contributed by atoms with Crippen molar-refractivity contribution in [1.29, 1.82) is 0 Å². The Morgan fingerprint density at radius 1 is 1.00 bits per heavy atom. The number of carbonyl (C=O) groups excluding carboxylic acids is 2. The first-order chi connectivity index (χ1) is 19.7. The molecule has 1 atom stereocenters. The van der Waals surface area contributed by atoms with E-state index in [1.807, 2.05) is 21.7 Å². The van der Waals surface area contributed by atoms with Crippen LogP contribution in [0.25, 0.3) is 0 Å². The molecule has 2 aromatic carbocycles. The van der Waals surface area contributed by atoms with Gasteiger partial charge >= 0.3 is 0 Å². The van der Waals surface area contributed by atoms with Gasteiger partial charge in [0.1, 0.15) is 24.3 Å². The third-order valence-corrected chi connectivity index (χ3v) is 7.95. The van der Waals surface area contributed by atoms with Crippen LogP contribution in [0, 0.1) is 11.6 Å². The second-order valence-electron chi connectivity index (χ2n) is 10.5. The fourth-order valence-corrected chi connectivity index (χ4v) is 5.92. The van der Waals surface area contributed by atoms with Crippen LogP contribution in [0.2, 0.25) is 5.02 Å². The highest BCUT2D eigenvalue weighted by Crippen LogP contribution is 2.22. The van der Waals surface area contributed by atoms with E-state index in [4.69, 9.17) is 11.6 Å². The summed E-state index contributed by atoms with van der Waals surface area (Å²) in [7, 11) is 0. The van der Waals surface area contributed by atoms with Gasteiger partial charge in [-0.1, -0.05) is 23.7 Å².